The summed E-state index contributed by atoms with van der Waals surface area (Å²) in [6.07, 6.45) is 0. The molecule has 96 valence electrons. The van der Waals surface area contributed by atoms with Gasteiger partial charge in [0.2, 0.25) is 5.69 Å². The Labute approximate surface area is 107 Å². The molecule has 0 aliphatic rings. The zero-order valence-corrected chi connectivity index (χ0v) is 11.4. The third-order valence-corrected chi connectivity index (χ3v) is 4.14. The molecule has 0 N–H and O–H groups in total. The minimum Gasteiger partial charge on any atom is -0.298 e. The molecule has 0 saturated heterocycles. The second-order valence-corrected chi connectivity index (χ2v) is 6.97. The SMILES string of the molecule is [C-]#[N+]c1ccccc1S(=O)(=O)CC(=O)C(C)(C)C. The molecule has 0 amide bonds. The molecule has 18 heavy (non-hydrogen) atoms. The van der Waals surface area contributed by atoms with Crippen molar-refractivity contribution in [2.75, 3.05) is 5.75 Å². The van der Waals surface area contributed by atoms with Gasteiger partial charge in [0.1, 0.15) is 5.75 Å². The standard InChI is InChI=1S/C13H15NO3S/c1-13(2,3)12(15)9-18(16,17)11-8-6-5-7-10(11)14-4/h5-8H,9H2,1-3H3. The predicted molar refractivity (Wildman–Crippen MR) is 69.2 cm³/mol. The topological polar surface area (TPSA) is 55.6 Å². The minimum atomic E-state index is -3.75. The van der Waals surface area contributed by atoms with Crippen molar-refractivity contribution in [3.05, 3.63) is 35.7 Å². The van der Waals surface area contributed by atoms with Crippen LogP contribution in [0.2, 0.25) is 0 Å². The van der Waals surface area contributed by atoms with Crippen LogP contribution in [0.5, 0.6) is 0 Å². The number of carbonyl (C=O) groups is 1. The van der Waals surface area contributed by atoms with Crippen LogP contribution in [0.3, 0.4) is 0 Å². The summed E-state index contributed by atoms with van der Waals surface area (Å²) in [5.74, 6) is -0.925. The van der Waals surface area contributed by atoms with Crippen LogP contribution >= 0.6 is 0 Å². The highest BCUT2D eigenvalue weighted by molar-refractivity contribution is 7.92. The van der Waals surface area contributed by atoms with E-state index < -0.39 is 21.0 Å². The first-order valence-electron chi connectivity index (χ1n) is 5.41. The largest absolute Gasteiger partial charge is 0.298 e. The van der Waals surface area contributed by atoms with Crippen LogP contribution in [0.4, 0.5) is 5.69 Å². The molecule has 0 saturated carbocycles. The maximum atomic E-state index is 12.1. The monoisotopic (exact) mass is 265 g/mol. The molecule has 1 rings (SSSR count). The molecule has 5 heteroatoms. The molecule has 0 bridgehead atoms. The number of ketones is 1. The van der Waals surface area contributed by atoms with Crippen molar-refractivity contribution in [1.29, 1.82) is 0 Å². The quantitative estimate of drug-likeness (QED) is 0.789. The lowest BCUT2D eigenvalue weighted by Gasteiger charge is -2.16. The molecule has 0 atom stereocenters. The van der Waals surface area contributed by atoms with E-state index in [-0.39, 0.29) is 16.4 Å². The number of benzene rings is 1. The summed E-state index contributed by atoms with van der Waals surface area (Å²) in [5.41, 5.74) is -0.653. The fourth-order valence-electron chi connectivity index (χ4n) is 1.28. The number of nitrogens with zero attached hydrogens (tertiary/aromatic N) is 1. The Morgan fingerprint density at radius 1 is 1.28 bits per heavy atom. The van der Waals surface area contributed by atoms with E-state index >= 15 is 0 Å². The lowest BCUT2D eigenvalue weighted by Crippen LogP contribution is -2.28. The van der Waals surface area contributed by atoms with E-state index in [0.717, 1.165) is 0 Å². The van der Waals surface area contributed by atoms with Crippen LogP contribution in [0.15, 0.2) is 29.2 Å². The first-order chi connectivity index (χ1) is 8.18. The third kappa shape index (κ3) is 3.17. The van der Waals surface area contributed by atoms with E-state index in [4.69, 9.17) is 6.57 Å². The molecule has 0 aromatic heterocycles. The number of sulfone groups is 1. The molecular formula is C13H15NO3S. The highest BCUT2D eigenvalue weighted by atomic mass is 32.2. The van der Waals surface area contributed by atoms with Crippen LogP contribution in [0.1, 0.15) is 20.8 Å². The Morgan fingerprint density at radius 2 is 1.83 bits per heavy atom. The van der Waals surface area contributed by atoms with Gasteiger partial charge in [-0.15, -0.1) is 0 Å². The number of hydrogen-bond donors (Lipinski definition) is 0. The normalized spacial score (nSPS) is 11.9. The summed E-state index contributed by atoms with van der Waals surface area (Å²) in [4.78, 5) is 14.9. The van der Waals surface area contributed by atoms with E-state index in [1.165, 1.54) is 12.1 Å². The van der Waals surface area contributed by atoms with E-state index in [2.05, 4.69) is 4.85 Å². The Kier molecular flexibility index (Phi) is 3.92. The van der Waals surface area contributed by atoms with Gasteiger partial charge in [-0.1, -0.05) is 45.0 Å². The van der Waals surface area contributed by atoms with Crippen LogP contribution in [0.25, 0.3) is 4.85 Å². The number of para-hydroxylation sites is 1. The number of hydrogen-bond acceptors (Lipinski definition) is 3. The molecule has 4 nitrogen and oxygen atoms in total. The molecule has 1 aromatic rings. The van der Waals surface area contributed by atoms with Gasteiger partial charge in [0.05, 0.1) is 11.5 Å². The van der Waals surface area contributed by atoms with Crippen LogP contribution in [-0.4, -0.2) is 20.0 Å². The number of carbonyl (C=O) groups excluding carboxylic acids is 1. The Morgan fingerprint density at radius 3 is 2.33 bits per heavy atom. The molecule has 0 unspecified atom stereocenters. The Bertz CT molecular complexity index is 604. The van der Waals surface area contributed by atoms with E-state index in [0.29, 0.717) is 0 Å². The maximum Gasteiger partial charge on any atom is 0.205 e. The van der Waals surface area contributed by atoms with Gasteiger partial charge in [-0.05, 0) is 0 Å². The van der Waals surface area contributed by atoms with Crippen LogP contribution in [-0.2, 0) is 14.6 Å². The fourth-order valence-corrected chi connectivity index (χ4v) is 2.93. The summed E-state index contributed by atoms with van der Waals surface area (Å²) in [6, 6.07) is 5.93. The van der Waals surface area contributed by atoms with Crippen molar-refractivity contribution in [1.82, 2.24) is 0 Å². The van der Waals surface area contributed by atoms with Gasteiger partial charge in [-0.2, -0.15) is 0 Å². The summed E-state index contributed by atoms with van der Waals surface area (Å²) < 4.78 is 24.2. The molecule has 0 radical (unpaired) electrons. The zero-order valence-electron chi connectivity index (χ0n) is 10.6. The average Bonchev–Trinajstić information content (AvgIpc) is 2.27. The van der Waals surface area contributed by atoms with E-state index in [1.54, 1.807) is 32.9 Å². The van der Waals surface area contributed by atoms with Crippen LogP contribution < -0.4 is 0 Å². The average molecular weight is 265 g/mol. The predicted octanol–water partition coefficient (Wildman–Crippen LogP) is 2.63. The first-order valence-corrected chi connectivity index (χ1v) is 7.06. The lowest BCUT2D eigenvalue weighted by atomic mass is 9.92. The highest BCUT2D eigenvalue weighted by Crippen LogP contribution is 2.26. The van der Waals surface area contributed by atoms with Crippen molar-refractivity contribution in [2.24, 2.45) is 5.41 Å². The second kappa shape index (κ2) is 4.91. The molecule has 0 aliphatic heterocycles. The minimum absolute atomic E-state index is 0.0548. The third-order valence-electron chi connectivity index (χ3n) is 2.48. The molecular weight excluding hydrogens is 250 g/mol. The van der Waals surface area contributed by atoms with Gasteiger partial charge >= 0.3 is 0 Å². The van der Waals surface area contributed by atoms with Crippen molar-refractivity contribution >= 4 is 21.3 Å². The van der Waals surface area contributed by atoms with Crippen molar-refractivity contribution < 1.29 is 13.2 Å². The first kappa shape index (κ1) is 14.4. The molecule has 0 heterocycles. The van der Waals surface area contributed by atoms with Crippen molar-refractivity contribution in [2.45, 2.75) is 25.7 Å². The highest BCUT2D eigenvalue weighted by Gasteiger charge is 2.29. The molecule has 0 aliphatic carbocycles. The Hall–Kier alpha value is -1.67. The molecule has 0 spiro atoms. The van der Waals surface area contributed by atoms with E-state index in [1.807, 2.05) is 0 Å². The zero-order chi connectivity index (χ0) is 14.0. The fraction of sp³-hybridized carbons (Fsp3) is 0.385. The molecule has 0 fully saturated rings. The number of rotatable bonds is 3. The smallest absolute Gasteiger partial charge is 0.205 e. The van der Waals surface area contributed by atoms with Gasteiger partial charge in [0, 0.05) is 5.41 Å². The summed E-state index contributed by atoms with van der Waals surface area (Å²) >= 11 is 0. The van der Waals surface area contributed by atoms with E-state index in [9.17, 15) is 13.2 Å². The van der Waals surface area contributed by atoms with Gasteiger partial charge in [0.25, 0.3) is 0 Å². The molecule has 1 aromatic carbocycles. The van der Waals surface area contributed by atoms with Crippen molar-refractivity contribution in [3.63, 3.8) is 0 Å². The lowest BCUT2D eigenvalue weighted by molar-refractivity contribution is -0.123. The van der Waals surface area contributed by atoms with Gasteiger partial charge in [-0.3, -0.25) is 4.79 Å². The summed E-state index contributed by atoms with van der Waals surface area (Å²) in [7, 11) is -3.75. The second-order valence-electron chi connectivity index (χ2n) is 5.01. The van der Waals surface area contributed by atoms with Crippen LogP contribution in [0, 0.1) is 12.0 Å². The van der Waals surface area contributed by atoms with Crippen molar-refractivity contribution in [3.8, 4) is 0 Å². The number of Topliss-reactive ketones (excluding diaryl/α,β-unsaturated/α-hetero) is 1. The van der Waals surface area contributed by atoms with Gasteiger partial charge < -0.3 is 0 Å². The van der Waals surface area contributed by atoms with Gasteiger partial charge in [0.15, 0.2) is 15.6 Å². The summed E-state index contributed by atoms with van der Waals surface area (Å²) in [6.45, 7) is 12.0. The maximum absolute atomic E-state index is 12.1. The summed E-state index contributed by atoms with van der Waals surface area (Å²) in [5, 5.41) is 0. The van der Waals surface area contributed by atoms with Gasteiger partial charge in [-0.25, -0.2) is 13.3 Å². The Balaban J connectivity index is 3.17.